The van der Waals surface area contributed by atoms with Crippen LogP contribution < -0.4 is 15.4 Å². The van der Waals surface area contributed by atoms with Gasteiger partial charge in [-0.05, 0) is 62.2 Å². The van der Waals surface area contributed by atoms with Crippen molar-refractivity contribution in [2.75, 3.05) is 17.7 Å². The van der Waals surface area contributed by atoms with E-state index in [1.807, 2.05) is 31.2 Å². The second-order valence-corrected chi connectivity index (χ2v) is 8.23. The number of hydrogen-bond donors (Lipinski definition) is 2. The van der Waals surface area contributed by atoms with E-state index in [9.17, 15) is 9.59 Å². The largest absolute Gasteiger partial charge is 0.495 e. The number of methoxy groups -OCH3 is 1. The van der Waals surface area contributed by atoms with E-state index in [2.05, 4.69) is 10.6 Å². The van der Waals surface area contributed by atoms with Crippen molar-refractivity contribution in [1.82, 2.24) is 0 Å². The van der Waals surface area contributed by atoms with Crippen molar-refractivity contribution in [2.24, 2.45) is 5.92 Å². The number of nitrogens with one attached hydrogen (secondary N) is 2. The third kappa shape index (κ3) is 5.40. The van der Waals surface area contributed by atoms with Gasteiger partial charge in [0.1, 0.15) is 5.75 Å². The van der Waals surface area contributed by atoms with E-state index in [1.54, 1.807) is 25.3 Å². The summed E-state index contributed by atoms with van der Waals surface area (Å²) in [4.78, 5) is 25.2. The molecule has 142 valence electrons. The van der Waals surface area contributed by atoms with Gasteiger partial charge >= 0.3 is 0 Å². The second kappa shape index (κ2) is 8.67. The zero-order chi connectivity index (χ0) is 19.4. The number of ether oxygens (including phenoxy) is 1. The predicted octanol–water partition coefficient (Wildman–Crippen LogP) is 4.82. The van der Waals surface area contributed by atoms with Gasteiger partial charge in [0.2, 0.25) is 11.8 Å². The summed E-state index contributed by atoms with van der Waals surface area (Å²) >= 11 is 7.44. The number of anilines is 2. The van der Waals surface area contributed by atoms with Crippen LogP contribution in [0.4, 0.5) is 11.4 Å². The molecular formula is C20H21ClN2O3S. The zero-order valence-corrected chi connectivity index (χ0v) is 16.7. The van der Waals surface area contributed by atoms with Gasteiger partial charge in [-0.2, -0.15) is 0 Å². The van der Waals surface area contributed by atoms with Crippen LogP contribution in [0.2, 0.25) is 5.02 Å². The maximum absolute atomic E-state index is 12.5. The predicted molar refractivity (Wildman–Crippen MR) is 110 cm³/mol. The molecule has 0 aromatic heterocycles. The number of halogens is 1. The summed E-state index contributed by atoms with van der Waals surface area (Å²) in [5.41, 5.74) is 1.32. The van der Waals surface area contributed by atoms with Gasteiger partial charge in [0.25, 0.3) is 0 Å². The van der Waals surface area contributed by atoms with Crippen LogP contribution in [0, 0.1) is 5.92 Å². The zero-order valence-electron chi connectivity index (χ0n) is 15.1. The number of carbonyl (C=O) groups is 2. The van der Waals surface area contributed by atoms with Crippen molar-refractivity contribution in [3.8, 4) is 5.75 Å². The molecule has 7 heteroatoms. The fraction of sp³-hybridized carbons (Fsp3) is 0.300. The Kier molecular flexibility index (Phi) is 6.29. The van der Waals surface area contributed by atoms with Crippen molar-refractivity contribution in [3.63, 3.8) is 0 Å². The molecule has 1 unspecified atom stereocenters. The monoisotopic (exact) mass is 404 g/mol. The van der Waals surface area contributed by atoms with E-state index in [0.29, 0.717) is 16.5 Å². The molecule has 2 amide bonds. The average molecular weight is 405 g/mol. The standard InChI is InChI=1S/C20H21ClN2O3S/c1-12(19(24)23-17-11-14(21)5-10-18(17)26-2)27-16-8-6-15(7-9-16)22-20(25)13-3-4-13/h5-13H,3-4H2,1-2H3,(H,22,25)(H,23,24). The molecule has 2 aromatic rings. The van der Waals surface area contributed by atoms with Crippen LogP contribution in [-0.4, -0.2) is 24.2 Å². The number of amides is 2. The van der Waals surface area contributed by atoms with Gasteiger partial charge in [0.15, 0.2) is 0 Å². The molecule has 1 atom stereocenters. The van der Waals surface area contributed by atoms with Crippen LogP contribution in [0.5, 0.6) is 5.75 Å². The van der Waals surface area contributed by atoms with Crippen molar-refractivity contribution in [1.29, 1.82) is 0 Å². The minimum atomic E-state index is -0.319. The minimum absolute atomic E-state index is 0.0821. The first-order valence-electron chi connectivity index (χ1n) is 8.68. The molecule has 1 aliphatic rings. The third-order valence-electron chi connectivity index (χ3n) is 4.17. The topological polar surface area (TPSA) is 67.4 Å². The highest BCUT2D eigenvalue weighted by Crippen LogP contribution is 2.32. The second-order valence-electron chi connectivity index (χ2n) is 6.38. The Morgan fingerprint density at radius 2 is 1.85 bits per heavy atom. The maximum Gasteiger partial charge on any atom is 0.237 e. The van der Waals surface area contributed by atoms with Gasteiger partial charge in [0.05, 0.1) is 18.0 Å². The molecule has 0 radical (unpaired) electrons. The van der Waals surface area contributed by atoms with Crippen LogP contribution in [0.25, 0.3) is 0 Å². The molecule has 1 aliphatic carbocycles. The lowest BCUT2D eigenvalue weighted by molar-refractivity contribution is -0.117. The third-order valence-corrected chi connectivity index (χ3v) is 5.52. The Balaban J connectivity index is 1.57. The van der Waals surface area contributed by atoms with E-state index in [1.165, 1.54) is 11.8 Å². The normalized spacial score (nSPS) is 14.3. The summed E-state index contributed by atoms with van der Waals surface area (Å²) in [7, 11) is 1.54. The van der Waals surface area contributed by atoms with Gasteiger partial charge in [-0.25, -0.2) is 0 Å². The van der Waals surface area contributed by atoms with E-state index in [0.717, 1.165) is 23.4 Å². The molecule has 0 aliphatic heterocycles. The van der Waals surface area contributed by atoms with E-state index in [4.69, 9.17) is 16.3 Å². The van der Waals surface area contributed by atoms with E-state index in [-0.39, 0.29) is 23.0 Å². The molecule has 0 spiro atoms. The Bertz CT molecular complexity index is 838. The number of rotatable bonds is 7. The lowest BCUT2D eigenvalue weighted by Gasteiger charge is -2.15. The first kappa shape index (κ1) is 19.6. The molecule has 2 N–H and O–H groups in total. The first-order chi connectivity index (χ1) is 13.0. The van der Waals surface area contributed by atoms with Gasteiger partial charge < -0.3 is 15.4 Å². The van der Waals surface area contributed by atoms with Crippen molar-refractivity contribution >= 4 is 46.6 Å². The molecule has 1 fully saturated rings. The number of hydrogen-bond acceptors (Lipinski definition) is 4. The smallest absolute Gasteiger partial charge is 0.237 e. The lowest BCUT2D eigenvalue weighted by atomic mass is 10.3. The van der Waals surface area contributed by atoms with Gasteiger partial charge in [0, 0.05) is 21.5 Å². The molecule has 0 bridgehead atoms. The molecule has 27 heavy (non-hydrogen) atoms. The Labute approximate surface area is 167 Å². The lowest BCUT2D eigenvalue weighted by Crippen LogP contribution is -2.22. The summed E-state index contributed by atoms with van der Waals surface area (Å²) in [5, 5.41) is 5.96. The van der Waals surface area contributed by atoms with Crippen LogP contribution in [0.3, 0.4) is 0 Å². The molecule has 0 saturated heterocycles. The summed E-state index contributed by atoms with van der Waals surface area (Å²) in [6.07, 6.45) is 1.95. The van der Waals surface area contributed by atoms with Crippen molar-refractivity contribution in [3.05, 3.63) is 47.5 Å². The van der Waals surface area contributed by atoms with E-state index < -0.39 is 0 Å². The molecule has 0 heterocycles. The molecule has 5 nitrogen and oxygen atoms in total. The van der Waals surface area contributed by atoms with Crippen LogP contribution in [0.15, 0.2) is 47.4 Å². The summed E-state index contributed by atoms with van der Waals surface area (Å²) < 4.78 is 5.25. The number of benzene rings is 2. The maximum atomic E-state index is 12.5. The van der Waals surface area contributed by atoms with Gasteiger partial charge in [-0.1, -0.05) is 11.6 Å². The average Bonchev–Trinajstić information content (AvgIpc) is 3.49. The Morgan fingerprint density at radius 3 is 2.48 bits per heavy atom. The SMILES string of the molecule is COc1ccc(Cl)cc1NC(=O)C(C)Sc1ccc(NC(=O)C2CC2)cc1. The summed E-state index contributed by atoms with van der Waals surface area (Å²) in [6, 6.07) is 12.6. The molecular weight excluding hydrogens is 384 g/mol. The Morgan fingerprint density at radius 1 is 1.15 bits per heavy atom. The van der Waals surface area contributed by atoms with Crippen LogP contribution in [0.1, 0.15) is 19.8 Å². The number of thioether (sulfide) groups is 1. The fourth-order valence-corrected chi connectivity index (χ4v) is 3.52. The summed E-state index contributed by atoms with van der Waals surface area (Å²) in [5.74, 6) is 0.664. The van der Waals surface area contributed by atoms with Crippen LogP contribution >= 0.6 is 23.4 Å². The highest BCUT2D eigenvalue weighted by atomic mass is 35.5. The molecule has 3 rings (SSSR count). The quantitative estimate of drug-likeness (QED) is 0.649. The highest BCUT2D eigenvalue weighted by Gasteiger charge is 2.29. The molecule has 2 aromatic carbocycles. The number of carbonyl (C=O) groups excluding carboxylic acids is 2. The van der Waals surface area contributed by atoms with Crippen LogP contribution in [-0.2, 0) is 9.59 Å². The first-order valence-corrected chi connectivity index (χ1v) is 9.94. The Hall–Kier alpha value is -2.18. The molecule has 1 saturated carbocycles. The minimum Gasteiger partial charge on any atom is -0.495 e. The van der Waals surface area contributed by atoms with Crippen molar-refractivity contribution < 1.29 is 14.3 Å². The van der Waals surface area contributed by atoms with Gasteiger partial charge in [-0.15, -0.1) is 11.8 Å². The summed E-state index contributed by atoms with van der Waals surface area (Å²) in [6.45, 7) is 1.83. The van der Waals surface area contributed by atoms with Gasteiger partial charge in [-0.3, -0.25) is 9.59 Å². The fourth-order valence-electron chi connectivity index (χ4n) is 2.48. The highest BCUT2D eigenvalue weighted by molar-refractivity contribution is 8.00. The van der Waals surface area contributed by atoms with Crippen molar-refractivity contribution in [2.45, 2.75) is 29.9 Å². The van der Waals surface area contributed by atoms with E-state index >= 15 is 0 Å².